The third-order valence-corrected chi connectivity index (χ3v) is 4.11. The van der Waals surface area contributed by atoms with E-state index in [1.165, 1.54) is 19.3 Å². The minimum atomic E-state index is 0.567. The first-order valence-corrected chi connectivity index (χ1v) is 4.83. The summed E-state index contributed by atoms with van der Waals surface area (Å²) in [6.07, 6.45) is 4.44. The van der Waals surface area contributed by atoms with Gasteiger partial charge >= 0.3 is 0 Å². The smallest absolute Gasteiger partial charge is 0.0146 e. The van der Waals surface area contributed by atoms with Gasteiger partial charge in [-0.3, -0.25) is 0 Å². The van der Waals surface area contributed by atoms with E-state index < -0.39 is 0 Å². The van der Waals surface area contributed by atoms with Gasteiger partial charge < -0.3 is 5.32 Å². The van der Waals surface area contributed by atoms with Crippen LogP contribution in [0, 0.1) is 17.3 Å². The summed E-state index contributed by atoms with van der Waals surface area (Å²) in [5.74, 6) is 1.99. The fourth-order valence-electron chi connectivity index (χ4n) is 3.46. The summed E-state index contributed by atoms with van der Waals surface area (Å²) in [4.78, 5) is 0. The maximum atomic E-state index is 3.49. The molecule has 0 aromatic carbocycles. The van der Waals surface area contributed by atoms with Crippen LogP contribution < -0.4 is 5.32 Å². The second kappa shape index (κ2) is 2.22. The van der Waals surface area contributed by atoms with Crippen LogP contribution in [0.4, 0.5) is 0 Å². The van der Waals surface area contributed by atoms with E-state index in [1.807, 2.05) is 0 Å². The number of fused-ring (bicyclic) bond motifs is 2. The lowest BCUT2D eigenvalue weighted by Crippen LogP contribution is -2.44. The fourth-order valence-corrected chi connectivity index (χ4v) is 3.46. The molecule has 1 nitrogen and oxygen atoms in total. The van der Waals surface area contributed by atoms with Crippen molar-refractivity contribution in [2.45, 2.75) is 39.2 Å². The molecule has 0 saturated heterocycles. The van der Waals surface area contributed by atoms with Crippen molar-refractivity contribution < 1.29 is 0 Å². The zero-order valence-corrected chi connectivity index (χ0v) is 7.85. The molecule has 2 aliphatic carbocycles. The van der Waals surface area contributed by atoms with Crippen molar-refractivity contribution in [3.8, 4) is 0 Å². The fraction of sp³-hybridized carbons (Fsp3) is 1.00. The zero-order chi connectivity index (χ0) is 8.06. The average molecular weight is 153 g/mol. The predicted molar refractivity (Wildman–Crippen MR) is 47.5 cm³/mol. The van der Waals surface area contributed by atoms with Crippen molar-refractivity contribution in [3.05, 3.63) is 0 Å². The molecular weight excluding hydrogens is 134 g/mol. The molecular formula is C10H19N. The van der Waals surface area contributed by atoms with Gasteiger partial charge in [0.1, 0.15) is 0 Å². The summed E-state index contributed by atoms with van der Waals surface area (Å²) in [5.41, 5.74) is 0.567. The van der Waals surface area contributed by atoms with Gasteiger partial charge in [0.2, 0.25) is 0 Å². The molecule has 2 fully saturated rings. The Morgan fingerprint density at radius 1 is 1.27 bits per heavy atom. The van der Waals surface area contributed by atoms with Gasteiger partial charge in [0.25, 0.3) is 0 Å². The van der Waals surface area contributed by atoms with Crippen molar-refractivity contribution in [1.82, 2.24) is 5.32 Å². The van der Waals surface area contributed by atoms with Crippen LogP contribution in [0.15, 0.2) is 0 Å². The van der Waals surface area contributed by atoms with Crippen molar-refractivity contribution in [3.63, 3.8) is 0 Å². The summed E-state index contributed by atoms with van der Waals surface area (Å²) < 4.78 is 0. The quantitative estimate of drug-likeness (QED) is 0.608. The third kappa shape index (κ3) is 0.868. The Hall–Kier alpha value is -0.0400. The van der Waals surface area contributed by atoms with Gasteiger partial charge in [0.15, 0.2) is 0 Å². The standard InChI is InChI=1S/C10H19N/c1-10(2)8-5-4-7(6-8)9(10)11-3/h7-9,11H,4-6H2,1-3H3/t7-,8-,9-/m0/s1. The van der Waals surface area contributed by atoms with Crippen LogP contribution in [0.2, 0.25) is 0 Å². The normalized spacial score (nSPS) is 46.6. The molecule has 2 rings (SSSR count). The van der Waals surface area contributed by atoms with Gasteiger partial charge in [-0.15, -0.1) is 0 Å². The van der Waals surface area contributed by atoms with Crippen LogP contribution in [0.1, 0.15) is 33.1 Å². The van der Waals surface area contributed by atoms with Crippen LogP contribution in [-0.4, -0.2) is 13.1 Å². The second-order valence-corrected chi connectivity index (χ2v) is 4.86. The van der Waals surface area contributed by atoms with Gasteiger partial charge in [0, 0.05) is 6.04 Å². The monoisotopic (exact) mass is 153 g/mol. The van der Waals surface area contributed by atoms with Gasteiger partial charge in [-0.05, 0) is 43.6 Å². The zero-order valence-electron chi connectivity index (χ0n) is 7.85. The molecule has 2 aliphatic rings. The summed E-state index contributed by atoms with van der Waals surface area (Å²) in [7, 11) is 2.12. The molecule has 0 spiro atoms. The maximum Gasteiger partial charge on any atom is 0.0146 e. The Morgan fingerprint density at radius 3 is 2.36 bits per heavy atom. The Kier molecular flexibility index (Phi) is 1.54. The van der Waals surface area contributed by atoms with E-state index in [2.05, 4.69) is 26.2 Å². The molecule has 11 heavy (non-hydrogen) atoms. The van der Waals surface area contributed by atoms with Crippen molar-refractivity contribution in [2.75, 3.05) is 7.05 Å². The SMILES string of the molecule is CN[C@H]1[C@H]2CC[C@@H](C2)C1(C)C. The first-order valence-electron chi connectivity index (χ1n) is 4.83. The first-order chi connectivity index (χ1) is 5.16. The molecule has 2 saturated carbocycles. The third-order valence-electron chi connectivity index (χ3n) is 4.11. The van der Waals surface area contributed by atoms with E-state index in [1.54, 1.807) is 0 Å². The van der Waals surface area contributed by atoms with Crippen molar-refractivity contribution >= 4 is 0 Å². The van der Waals surface area contributed by atoms with Crippen molar-refractivity contribution in [2.24, 2.45) is 17.3 Å². The minimum Gasteiger partial charge on any atom is -0.316 e. The highest BCUT2D eigenvalue weighted by Gasteiger charge is 2.51. The van der Waals surface area contributed by atoms with Gasteiger partial charge in [-0.1, -0.05) is 13.8 Å². The second-order valence-electron chi connectivity index (χ2n) is 4.86. The Morgan fingerprint density at radius 2 is 2.00 bits per heavy atom. The number of rotatable bonds is 1. The summed E-state index contributed by atoms with van der Waals surface area (Å²) >= 11 is 0. The van der Waals surface area contributed by atoms with Crippen LogP contribution in [0.5, 0.6) is 0 Å². The predicted octanol–water partition coefficient (Wildman–Crippen LogP) is 2.03. The van der Waals surface area contributed by atoms with E-state index >= 15 is 0 Å². The number of nitrogens with one attached hydrogen (secondary N) is 1. The number of hydrogen-bond acceptors (Lipinski definition) is 1. The molecule has 0 unspecified atom stereocenters. The van der Waals surface area contributed by atoms with Crippen LogP contribution in [0.3, 0.4) is 0 Å². The number of hydrogen-bond donors (Lipinski definition) is 1. The molecule has 0 aromatic heterocycles. The summed E-state index contributed by atoms with van der Waals surface area (Å²) in [5, 5.41) is 3.49. The van der Waals surface area contributed by atoms with Crippen LogP contribution in [0.25, 0.3) is 0 Å². The van der Waals surface area contributed by atoms with E-state index in [4.69, 9.17) is 0 Å². The molecule has 0 aliphatic heterocycles. The van der Waals surface area contributed by atoms with E-state index in [9.17, 15) is 0 Å². The molecule has 0 heterocycles. The topological polar surface area (TPSA) is 12.0 Å². The van der Waals surface area contributed by atoms with Crippen molar-refractivity contribution in [1.29, 1.82) is 0 Å². The molecule has 3 atom stereocenters. The van der Waals surface area contributed by atoms with Gasteiger partial charge in [-0.2, -0.15) is 0 Å². The Bertz CT molecular complexity index is 162. The van der Waals surface area contributed by atoms with Gasteiger partial charge in [-0.25, -0.2) is 0 Å². The highest BCUT2D eigenvalue weighted by atomic mass is 14.9. The van der Waals surface area contributed by atoms with Crippen LogP contribution in [-0.2, 0) is 0 Å². The lowest BCUT2D eigenvalue weighted by Gasteiger charge is -2.38. The molecule has 0 amide bonds. The largest absolute Gasteiger partial charge is 0.316 e. The van der Waals surface area contributed by atoms with Crippen LogP contribution >= 0.6 is 0 Å². The lowest BCUT2D eigenvalue weighted by molar-refractivity contribution is 0.158. The average Bonchev–Trinajstić information content (AvgIpc) is 2.44. The molecule has 0 radical (unpaired) electrons. The first kappa shape index (κ1) is 7.60. The highest BCUT2D eigenvalue weighted by molar-refractivity contribution is 5.05. The minimum absolute atomic E-state index is 0.567. The van der Waals surface area contributed by atoms with E-state index in [0.29, 0.717) is 5.41 Å². The summed E-state index contributed by atoms with van der Waals surface area (Å²) in [6.45, 7) is 4.86. The molecule has 0 aromatic rings. The highest BCUT2D eigenvalue weighted by Crippen LogP contribution is 2.55. The molecule has 64 valence electrons. The summed E-state index contributed by atoms with van der Waals surface area (Å²) in [6, 6.07) is 0.793. The molecule has 1 N–H and O–H groups in total. The maximum absolute atomic E-state index is 3.49. The van der Waals surface area contributed by atoms with E-state index in [-0.39, 0.29) is 0 Å². The Labute approximate surface area is 69.6 Å². The molecule has 1 heteroatoms. The molecule has 2 bridgehead atoms. The lowest BCUT2D eigenvalue weighted by atomic mass is 9.73. The van der Waals surface area contributed by atoms with Gasteiger partial charge in [0.05, 0.1) is 0 Å². The van der Waals surface area contributed by atoms with E-state index in [0.717, 1.165) is 17.9 Å². The Balaban J connectivity index is 2.21.